The van der Waals surface area contributed by atoms with E-state index in [1.165, 1.54) is 16.8 Å². The first-order valence-corrected chi connectivity index (χ1v) is 10.0. The van der Waals surface area contributed by atoms with Crippen LogP contribution in [0.5, 0.6) is 0 Å². The SMILES string of the molecule is Cc1cccc(N2CCN(C(C(=O)NC3CC3)c3ccccc3)CC2)c1C. The van der Waals surface area contributed by atoms with Crippen molar-refractivity contribution < 1.29 is 4.79 Å². The van der Waals surface area contributed by atoms with E-state index in [9.17, 15) is 4.79 Å². The maximum Gasteiger partial charge on any atom is 0.242 e. The van der Waals surface area contributed by atoms with Gasteiger partial charge in [-0.3, -0.25) is 9.69 Å². The van der Waals surface area contributed by atoms with E-state index >= 15 is 0 Å². The molecular weight excluding hydrogens is 334 g/mol. The Bertz CT molecular complexity index is 793. The quantitative estimate of drug-likeness (QED) is 0.884. The van der Waals surface area contributed by atoms with Crippen molar-refractivity contribution in [2.75, 3.05) is 31.1 Å². The van der Waals surface area contributed by atoms with Crippen LogP contribution in [0.2, 0.25) is 0 Å². The molecule has 2 aromatic carbocycles. The molecule has 0 spiro atoms. The maximum atomic E-state index is 13.0. The lowest BCUT2D eigenvalue weighted by molar-refractivity contribution is -0.127. The minimum atomic E-state index is -0.187. The van der Waals surface area contributed by atoms with E-state index in [0.717, 1.165) is 44.6 Å². The van der Waals surface area contributed by atoms with E-state index in [0.29, 0.717) is 6.04 Å². The molecule has 0 bridgehead atoms. The number of nitrogens with zero attached hydrogens (tertiary/aromatic N) is 2. The molecule has 0 radical (unpaired) electrons. The van der Waals surface area contributed by atoms with Crippen molar-refractivity contribution >= 4 is 11.6 Å². The van der Waals surface area contributed by atoms with Crippen molar-refractivity contribution in [3.05, 3.63) is 65.2 Å². The molecule has 0 aromatic heterocycles. The molecule has 1 atom stereocenters. The van der Waals surface area contributed by atoms with Crippen LogP contribution in [0.1, 0.15) is 35.6 Å². The van der Waals surface area contributed by atoms with Gasteiger partial charge in [0.2, 0.25) is 5.91 Å². The first-order chi connectivity index (χ1) is 13.1. The van der Waals surface area contributed by atoms with Gasteiger partial charge in [-0.25, -0.2) is 0 Å². The number of carbonyl (C=O) groups is 1. The second kappa shape index (κ2) is 7.73. The van der Waals surface area contributed by atoms with E-state index < -0.39 is 0 Å². The van der Waals surface area contributed by atoms with Crippen LogP contribution >= 0.6 is 0 Å². The predicted molar refractivity (Wildman–Crippen MR) is 110 cm³/mol. The summed E-state index contributed by atoms with van der Waals surface area (Å²) in [5.41, 5.74) is 5.11. The van der Waals surface area contributed by atoms with Crippen LogP contribution in [0.3, 0.4) is 0 Å². The zero-order valence-corrected chi connectivity index (χ0v) is 16.3. The molecular formula is C23H29N3O. The molecule has 1 saturated carbocycles. The standard InChI is InChI=1S/C23H29N3O/c1-17-7-6-10-21(18(17)2)25-13-15-26(16-14-25)22(19-8-4-3-5-9-19)23(27)24-20-11-12-20/h3-10,20,22H,11-16H2,1-2H3,(H,24,27). The number of piperazine rings is 1. The second-order valence-electron chi connectivity index (χ2n) is 7.84. The Hall–Kier alpha value is -2.33. The number of rotatable bonds is 5. The molecule has 4 nitrogen and oxygen atoms in total. The van der Waals surface area contributed by atoms with Gasteiger partial charge in [0, 0.05) is 37.9 Å². The van der Waals surface area contributed by atoms with Crippen molar-refractivity contribution in [3.8, 4) is 0 Å². The highest BCUT2D eigenvalue weighted by molar-refractivity contribution is 5.83. The lowest BCUT2D eigenvalue weighted by Crippen LogP contribution is -2.51. The first kappa shape index (κ1) is 18.1. The predicted octanol–water partition coefficient (Wildman–Crippen LogP) is 3.45. The van der Waals surface area contributed by atoms with Crippen LogP contribution in [-0.4, -0.2) is 43.0 Å². The molecule has 1 amide bonds. The van der Waals surface area contributed by atoms with Crippen LogP contribution in [0.25, 0.3) is 0 Å². The van der Waals surface area contributed by atoms with E-state index in [-0.39, 0.29) is 11.9 Å². The first-order valence-electron chi connectivity index (χ1n) is 10.0. The third-order valence-electron chi connectivity index (χ3n) is 5.88. The van der Waals surface area contributed by atoms with Crippen molar-refractivity contribution in [2.24, 2.45) is 0 Å². The smallest absolute Gasteiger partial charge is 0.242 e. The van der Waals surface area contributed by atoms with E-state index in [4.69, 9.17) is 0 Å². The van der Waals surface area contributed by atoms with Gasteiger partial charge in [-0.15, -0.1) is 0 Å². The molecule has 4 heteroatoms. The third kappa shape index (κ3) is 4.01. The lowest BCUT2D eigenvalue weighted by Gasteiger charge is -2.40. The Morgan fingerprint density at radius 1 is 0.963 bits per heavy atom. The second-order valence-corrected chi connectivity index (χ2v) is 7.84. The molecule has 2 aliphatic rings. The number of anilines is 1. The fourth-order valence-electron chi connectivity index (χ4n) is 3.97. The van der Waals surface area contributed by atoms with E-state index in [1.807, 2.05) is 18.2 Å². The summed E-state index contributed by atoms with van der Waals surface area (Å²) < 4.78 is 0. The van der Waals surface area contributed by atoms with Gasteiger partial charge in [-0.1, -0.05) is 42.5 Å². The number of hydrogen-bond acceptors (Lipinski definition) is 3. The summed E-state index contributed by atoms with van der Waals surface area (Å²) in [4.78, 5) is 17.8. The molecule has 2 fully saturated rings. The van der Waals surface area contributed by atoms with Gasteiger partial charge in [0.1, 0.15) is 6.04 Å². The van der Waals surface area contributed by atoms with E-state index in [1.54, 1.807) is 0 Å². The average molecular weight is 364 g/mol. The number of aryl methyl sites for hydroxylation is 1. The molecule has 1 unspecified atom stereocenters. The zero-order chi connectivity index (χ0) is 18.8. The van der Waals surface area contributed by atoms with Gasteiger partial charge in [0.15, 0.2) is 0 Å². The molecule has 27 heavy (non-hydrogen) atoms. The van der Waals surface area contributed by atoms with Crippen LogP contribution < -0.4 is 10.2 Å². The highest BCUT2D eigenvalue weighted by Crippen LogP contribution is 2.28. The minimum Gasteiger partial charge on any atom is -0.369 e. The molecule has 4 rings (SSSR count). The van der Waals surface area contributed by atoms with Gasteiger partial charge >= 0.3 is 0 Å². The summed E-state index contributed by atoms with van der Waals surface area (Å²) in [6.45, 7) is 8.06. The Labute approximate surface area is 162 Å². The highest BCUT2D eigenvalue weighted by atomic mass is 16.2. The fraction of sp³-hybridized carbons (Fsp3) is 0.435. The topological polar surface area (TPSA) is 35.6 Å². The van der Waals surface area contributed by atoms with Gasteiger partial charge in [0.05, 0.1) is 0 Å². The van der Waals surface area contributed by atoms with Gasteiger partial charge in [-0.05, 0) is 49.4 Å². The number of carbonyl (C=O) groups excluding carboxylic acids is 1. The average Bonchev–Trinajstić information content (AvgIpc) is 3.50. The lowest BCUT2D eigenvalue weighted by atomic mass is 10.0. The summed E-state index contributed by atoms with van der Waals surface area (Å²) in [6, 6.07) is 16.9. The molecule has 1 saturated heterocycles. The van der Waals surface area contributed by atoms with Crippen LogP contribution in [0.4, 0.5) is 5.69 Å². The molecule has 1 N–H and O–H groups in total. The number of benzene rings is 2. The van der Waals surface area contributed by atoms with Crippen LogP contribution in [-0.2, 0) is 4.79 Å². The Morgan fingerprint density at radius 3 is 2.33 bits per heavy atom. The normalized spacial score (nSPS) is 19.0. The van der Waals surface area contributed by atoms with Crippen molar-refractivity contribution in [2.45, 2.75) is 38.8 Å². The number of hydrogen-bond donors (Lipinski definition) is 1. The maximum absolute atomic E-state index is 13.0. The van der Waals surface area contributed by atoms with Crippen molar-refractivity contribution in [1.29, 1.82) is 0 Å². The number of amides is 1. The Balaban J connectivity index is 1.49. The van der Waals surface area contributed by atoms with Crippen molar-refractivity contribution in [3.63, 3.8) is 0 Å². The largest absolute Gasteiger partial charge is 0.369 e. The molecule has 1 aliphatic heterocycles. The van der Waals surface area contributed by atoms with Crippen molar-refractivity contribution in [1.82, 2.24) is 10.2 Å². The van der Waals surface area contributed by atoms with Gasteiger partial charge < -0.3 is 10.2 Å². The summed E-state index contributed by atoms with van der Waals surface area (Å²) in [6.07, 6.45) is 2.24. The third-order valence-corrected chi connectivity index (χ3v) is 5.88. The summed E-state index contributed by atoms with van der Waals surface area (Å²) >= 11 is 0. The molecule has 142 valence electrons. The van der Waals surface area contributed by atoms with Crippen LogP contribution in [0.15, 0.2) is 48.5 Å². The molecule has 2 aromatic rings. The fourth-order valence-corrected chi connectivity index (χ4v) is 3.97. The van der Waals surface area contributed by atoms with Gasteiger partial charge in [0.25, 0.3) is 0 Å². The molecule has 1 aliphatic carbocycles. The summed E-state index contributed by atoms with van der Waals surface area (Å²) in [5, 5.41) is 3.22. The monoisotopic (exact) mass is 363 g/mol. The minimum absolute atomic E-state index is 0.156. The summed E-state index contributed by atoms with van der Waals surface area (Å²) in [5.74, 6) is 0.156. The Kier molecular flexibility index (Phi) is 5.17. The van der Waals surface area contributed by atoms with Crippen LogP contribution in [0, 0.1) is 13.8 Å². The Morgan fingerprint density at radius 2 is 1.67 bits per heavy atom. The van der Waals surface area contributed by atoms with E-state index in [2.05, 4.69) is 59.3 Å². The van der Waals surface area contributed by atoms with Gasteiger partial charge in [-0.2, -0.15) is 0 Å². The highest BCUT2D eigenvalue weighted by Gasteiger charge is 2.33. The number of nitrogens with one attached hydrogen (secondary N) is 1. The summed E-state index contributed by atoms with van der Waals surface area (Å²) in [7, 11) is 0. The zero-order valence-electron chi connectivity index (χ0n) is 16.3. The molecule has 1 heterocycles.